The van der Waals surface area contributed by atoms with Crippen LogP contribution in [0.2, 0.25) is 0 Å². The molecular formula is C80H109N4O5S2+. The summed E-state index contributed by atoms with van der Waals surface area (Å²) in [4.78, 5) is 2.35. The lowest BCUT2D eigenvalue weighted by Gasteiger charge is -2.58. The van der Waals surface area contributed by atoms with E-state index in [2.05, 4.69) is 190 Å². The minimum atomic E-state index is -4.03. The number of fused-ring (bicyclic) bond motifs is 9. The van der Waals surface area contributed by atoms with E-state index in [1.165, 1.54) is 154 Å². The quantitative estimate of drug-likeness (QED) is 0.0169. The van der Waals surface area contributed by atoms with Crippen LogP contribution >= 0.6 is 12.2 Å². The van der Waals surface area contributed by atoms with Crippen LogP contribution in [0.3, 0.4) is 0 Å². The number of benzene rings is 4. The molecule has 3 saturated carbocycles. The summed E-state index contributed by atoms with van der Waals surface area (Å²) in [5.74, 6) is 2.95. The molecule has 490 valence electrons. The van der Waals surface area contributed by atoms with Gasteiger partial charge in [0, 0.05) is 66.7 Å². The van der Waals surface area contributed by atoms with Crippen molar-refractivity contribution in [2.24, 2.45) is 28.6 Å². The number of rotatable bonds is 28. The van der Waals surface area contributed by atoms with Crippen LogP contribution in [0.5, 0.6) is 0 Å². The largest absolute Gasteiger partial charge is 0.488 e. The number of hydrogen-bond acceptors (Lipinski definition) is 6. The molecule has 0 bridgehead atoms. The lowest BCUT2D eigenvalue weighted by Crippen LogP contribution is -2.55. The highest BCUT2D eigenvalue weighted by Gasteiger charge is 2.59. The molecule has 11 rings (SSSR count). The summed E-state index contributed by atoms with van der Waals surface area (Å²) in [6.45, 7) is 20.6. The predicted octanol–water partition coefficient (Wildman–Crippen LogP) is 19.2. The normalized spacial score (nSPS) is 26.7. The van der Waals surface area contributed by atoms with Gasteiger partial charge in [0.15, 0.2) is 17.4 Å². The number of allylic oxidation sites excluding steroid dienone is 8. The summed E-state index contributed by atoms with van der Waals surface area (Å²) >= 11 is 6.23. The van der Waals surface area contributed by atoms with Crippen LogP contribution in [0.1, 0.15) is 219 Å². The van der Waals surface area contributed by atoms with Crippen molar-refractivity contribution in [3.63, 3.8) is 0 Å². The molecule has 0 unspecified atom stereocenters. The molecule has 11 heteroatoms. The van der Waals surface area contributed by atoms with Crippen LogP contribution in [0.25, 0.3) is 10.8 Å². The topological polar surface area (TPSA) is 103 Å². The number of para-hydroxylation sites is 1. The maximum absolute atomic E-state index is 11.7. The van der Waals surface area contributed by atoms with Gasteiger partial charge in [0.1, 0.15) is 12.4 Å². The first-order valence-electron chi connectivity index (χ1n) is 35.7. The van der Waals surface area contributed by atoms with Gasteiger partial charge in [-0.3, -0.25) is 4.55 Å². The number of ether oxygens (including phenoxy) is 2. The number of unbranched alkanes of at least 4 members (excludes halogenated alkanes) is 10. The third kappa shape index (κ3) is 15.0. The van der Waals surface area contributed by atoms with E-state index in [9.17, 15) is 13.0 Å². The maximum atomic E-state index is 11.7. The van der Waals surface area contributed by atoms with E-state index in [0.717, 1.165) is 97.4 Å². The Kier molecular flexibility index (Phi) is 21.8. The zero-order valence-corrected chi connectivity index (χ0v) is 58.1. The van der Waals surface area contributed by atoms with Gasteiger partial charge < -0.3 is 25.0 Å². The molecule has 0 radical (unpaired) electrons. The van der Waals surface area contributed by atoms with Gasteiger partial charge in [-0.25, -0.2) is 0 Å². The number of hydrogen-bond donors (Lipinski definition) is 3. The molecule has 7 aliphatic rings. The second-order valence-electron chi connectivity index (χ2n) is 29.8. The van der Waals surface area contributed by atoms with E-state index in [1.54, 1.807) is 5.57 Å². The van der Waals surface area contributed by atoms with Crippen LogP contribution in [0, 0.1) is 28.6 Å². The monoisotopic (exact) mass is 1270 g/mol. The lowest BCUT2D eigenvalue weighted by atomic mass is 9.48. The SMILES string of the molecule is CCCCCCCCCCCCO[C@H]1CC[C@@]2(C)C(=CC[C@H]3[C@@H]4CC[C@H](NC(=S)NCCC[N+]5=C(C=CC6=C(OCc7ccccc7)C(=CC=C7N(CCCCS(=O)(=O)O)c8ccccc8C7(C)C)CCC6)C(C)(C)c6c5ccc5ccccc65)[C@@]4(C)CC[C@@H]32)C1. The molecular weight excluding hydrogens is 1160 g/mol. The van der Waals surface area contributed by atoms with Crippen LogP contribution < -0.4 is 15.5 Å². The molecule has 4 aromatic carbocycles. The Hall–Kier alpha value is -5.33. The molecule has 7 atom stereocenters. The summed E-state index contributed by atoms with van der Waals surface area (Å²) < 4.78 is 49.1. The van der Waals surface area contributed by atoms with Crippen molar-refractivity contribution >= 4 is 55.3 Å². The smallest absolute Gasteiger partial charge is 0.264 e. The molecule has 3 N–H and O–H groups in total. The van der Waals surface area contributed by atoms with Gasteiger partial charge in [-0.1, -0.05) is 183 Å². The van der Waals surface area contributed by atoms with Gasteiger partial charge in [-0.05, 0) is 202 Å². The highest BCUT2D eigenvalue weighted by Crippen LogP contribution is 2.65. The predicted molar refractivity (Wildman–Crippen MR) is 382 cm³/mol. The van der Waals surface area contributed by atoms with E-state index in [-0.39, 0.29) is 22.0 Å². The number of nitrogens with one attached hydrogen (secondary N) is 2. The minimum absolute atomic E-state index is 0.236. The zero-order chi connectivity index (χ0) is 63.8. The van der Waals surface area contributed by atoms with Crippen molar-refractivity contribution in [3.05, 3.63) is 166 Å². The second kappa shape index (κ2) is 29.5. The Morgan fingerprint density at radius 2 is 1.51 bits per heavy atom. The summed E-state index contributed by atoms with van der Waals surface area (Å²) in [7, 11) is -4.03. The first-order chi connectivity index (χ1) is 43.9. The Labute approximate surface area is 553 Å². The Morgan fingerprint density at radius 1 is 0.758 bits per heavy atom. The molecule has 91 heavy (non-hydrogen) atoms. The molecule has 0 saturated heterocycles. The van der Waals surface area contributed by atoms with E-state index in [1.807, 2.05) is 0 Å². The van der Waals surface area contributed by atoms with Gasteiger partial charge in [-0.2, -0.15) is 13.0 Å². The summed E-state index contributed by atoms with van der Waals surface area (Å²) in [6, 6.07) is 32.9. The van der Waals surface area contributed by atoms with Crippen LogP contribution in [0.4, 0.5) is 11.4 Å². The average Bonchev–Trinajstić information content (AvgIpc) is 1.73. The molecule has 2 aliphatic heterocycles. The maximum Gasteiger partial charge on any atom is 0.264 e. The molecule has 0 amide bonds. The zero-order valence-electron chi connectivity index (χ0n) is 56.4. The van der Waals surface area contributed by atoms with Crippen LogP contribution in [-0.4, -0.2) is 72.5 Å². The van der Waals surface area contributed by atoms with E-state index in [4.69, 9.17) is 21.7 Å². The molecule has 3 fully saturated rings. The molecule has 5 aliphatic carbocycles. The van der Waals surface area contributed by atoms with E-state index in [0.29, 0.717) is 43.6 Å². The summed E-state index contributed by atoms with van der Waals surface area (Å²) in [6.07, 6.45) is 40.8. The molecule has 2 heterocycles. The highest BCUT2D eigenvalue weighted by molar-refractivity contribution is 7.85. The van der Waals surface area contributed by atoms with Gasteiger partial charge >= 0.3 is 0 Å². The van der Waals surface area contributed by atoms with Crippen molar-refractivity contribution in [2.75, 3.05) is 36.9 Å². The molecule has 0 aromatic heterocycles. The second-order valence-corrected chi connectivity index (χ2v) is 31.8. The molecule has 0 spiro atoms. The van der Waals surface area contributed by atoms with Crippen molar-refractivity contribution in [1.82, 2.24) is 10.6 Å². The highest BCUT2D eigenvalue weighted by atomic mass is 32.2. The standard InChI is InChI=1S/C80H108N4O5S2/c1-8-9-10-11-12-13-14-15-16-25-54-88-63-47-49-79(6)62(56-63)40-41-65-66-42-44-71(80(66,7)50-48-67(65)79)82-76(90)81-51-28-53-84-70-43-37-59-31-20-21-34-64(59)74(70)78(4,5)73(84)46-39-61-33-27-32-60(75(61)89-57-58-29-18-17-19-30-58)38-45-72-77(2,3)68-35-22-23-36-69(68)83(72)52-24-26-55-91(85,86)87/h17-23,29-31,34-40,43,45-46,63,65-67,71H,8-16,24-28,32-33,41-42,44,47-57H2,1-7H3,(H2-,81,82,85,86,87,90)/p+1/t63-,65-,66-,67-,71-,79-,80-/m0/s1. The van der Waals surface area contributed by atoms with Crippen molar-refractivity contribution in [3.8, 4) is 0 Å². The van der Waals surface area contributed by atoms with Gasteiger partial charge in [0.2, 0.25) is 5.69 Å². The van der Waals surface area contributed by atoms with Crippen molar-refractivity contribution in [1.29, 1.82) is 0 Å². The minimum Gasteiger partial charge on any atom is -0.488 e. The number of anilines is 1. The first-order valence-corrected chi connectivity index (χ1v) is 37.8. The first kappa shape index (κ1) is 67.1. The van der Waals surface area contributed by atoms with Gasteiger partial charge in [0.25, 0.3) is 10.1 Å². The van der Waals surface area contributed by atoms with Crippen LogP contribution in [-0.2, 0) is 37.0 Å². The van der Waals surface area contributed by atoms with Gasteiger partial charge in [0.05, 0.1) is 17.3 Å². The van der Waals surface area contributed by atoms with Crippen molar-refractivity contribution in [2.45, 2.75) is 232 Å². The lowest BCUT2D eigenvalue weighted by molar-refractivity contribution is -0.437. The Bertz CT molecular complexity index is 3520. The molecule has 4 aromatic rings. The fourth-order valence-electron chi connectivity index (χ4n) is 18.2. The van der Waals surface area contributed by atoms with Gasteiger partial charge in [-0.15, -0.1) is 0 Å². The fraction of sp³-hybridized carbons (Fsp3) is 0.575. The fourth-order valence-corrected chi connectivity index (χ4v) is 19.0. The van der Waals surface area contributed by atoms with Crippen molar-refractivity contribution < 1.29 is 27.0 Å². The number of nitrogens with zero attached hydrogens (tertiary/aromatic N) is 2. The Morgan fingerprint density at radius 3 is 2.30 bits per heavy atom. The van der Waals surface area contributed by atoms with E-state index < -0.39 is 10.1 Å². The third-order valence-electron chi connectivity index (χ3n) is 23.2. The Balaban J connectivity index is 0.764. The summed E-state index contributed by atoms with van der Waals surface area (Å²) in [5.41, 5.74) is 12.7. The number of thiocarbonyl (C=S) groups is 1. The van der Waals surface area contributed by atoms with E-state index >= 15 is 0 Å². The third-order valence-corrected chi connectivity index (χ3v) is 24.3. The van der Waals surface area contributed by atoms with Crippen LogP contribution in [0.15, 0.2) is 150 Å². The average molecular weight is 1270 g/mol. The molecule has 9 nitrogen and oxygen atoms in total. The summed E-state index contributed by atoms with van der Waals surface area (Å²) in [5, 5.41) is 11.1.